The summed E-state index contributed by atoms with van der Waals surface area (Å²) in [5, 5.41) is 0.793. The van der Waals surface area contributed by atoms with Crippen LogP contribution in [0.5, 0.6) is 0 Å². The number of rotatable bonds is 4. The van der Waals surface area contributed by atoms with E-state index in [0.717, 1.165) is 34.2 Å². The maximum atomic E-state index is 13.2. The molecular weight excluding hydrogens is 261 g/mol. The summed E-state index contributed by atoms with van der Waals surface area (Å²) in [5.74, 6) is 0.986. The molecule has 0 bridgehead atoms. The number of hydrogen-bond donors (Lipinski definition) is 1. The zero-order valence-corrected chi connectivity index (χ0v) is 11.8. The number of nitrogens with zero attached hydrogens (tertiary/aromatic N) is 2. The van der Waals surface area contributed by atoms with Crippen molar-refractivity contribution in [2.45, 2.75) is 36.6 Å². The van der Waals surface area contributed by atoms with Crippen molar-refractivity contribution in [3.63, 3.8) is 0 Å². The van der Waals surface area contributed by atoms with Gasteiger partial charge in [0.25, 0.3) is 0 Å². The molecule has 0 radical (unpaired) electrons. The zero-order valence-electron chi connectivity index (χ0n) is 11.0. The quantitative estimate of drug-likeness (QED) is 0.867. The van der Waals surface area contributed by atoms with Crippen LogP contribution in [-0.4, -0.2) is 9.97 Å². The molecule has 0 amide bonds. The minimum absolute atomic E-state index is 0.251. The van der Waals surface area contributed by atoms with E-state index in [2.05, 4.69) is 16.9 Å². The molecule has 100 valence electrons. The van der Waals surface area contributed by atoms with Crippen molar-refractivity contribution in [1.82, 2.24) is 9.97 Å². The summed E-state index contributed by atoms with van der Waals surface area (Å²) in [7, 11) is 0. The number of aryl methyl sites for hydroxylation is 1. The molecule has 0 spiro atoms. The van der Waals surface area contributed by atoms with Crippen LogP contribution in [0.1, 0.15) is 24.7 Å². The van der Waals surface area contributed by atoms with Crippen molar-refractivity contribution < 1.29 is 4.39 Å². The molecular formula is C14H16FN3S. The fraction of sp³-hybridized carbons (Fsp3) is 0.286. The van der Waals surface area contributed by atoms with Gasteiger partial charge in [-0.05, 0) is 31.5 Å². The number of hydrogen-bond acceptors (Lipinski definition) is 4. The highest BCUT2D eigenvalue weighted by Gasteiger charge is 2.10. The van der Waals surface area contributed by atoms with Gasteiger partial charge in [-0.25, -0.2) is 14.4 Å². The predicted octanol–water partition coefficient (Wildman–Crippen LogP) is 3.61. The van der Waals surface area contributed by atoms with Crippen LogP contribution in [0.25, 0.3) is 0 Å². The van der Waals surface area contributed by atoms with Crippen LogP contribution in [0.3, 0.4) is 0 Å². The van der Waals surface area contributed by atoms with E-state index in [1.54, 1.807) is 6.07 Å². The van der Waals surface area contributed by atoms with E-state index >= 15 is 0 Å². The molecule has 0 fully saturated rings. The van der Waals surface area contributed by atoms with Gasteiger partial charge in [-0.1, -0.05) is 24.8 Å². The highest BCUT2D eigenvalue weighted by molar-refractivity contribution is 7.99. The van der Waals surface area contributed by atoms with E-state index in [1.165, 1.54) is 23.9 Å². The van der Waals surface area contributed by atoms with Gasteiger partial charge in [-0.15, -0.1) is 0 Å². The summed E-state index contributed by atoms with van der Waals surface area (Å²) in [5.41, 5.74) is 6.74. The van der Waals surface area contributed by atoms with Crippen molar-refractivity contribution in [2.24, 2.45) is 0 Å². The average Bonchev–Trinajstić information content (AvgIpc) is 2.36. The number of nitrogen functional groups attached to an aromatic ring is 1. The third-order valence-electron chi connectivity index (χ3n) is 2.67. The molecule has 2 N–H and O–H groups in total. The van der Waals surface area contributed by atoms with Gasteiger partial charge in [0.2, 0.25) is 0 Å². The average molecular weight is 277 g/mol. The van der Waals surface area contributed by atoms with E-state index < -0.39 is 0 Å². The summed E-state index contributed by atoms with van der Waals surface area (Å²) in [6.45, 7) is 3.95. The van der Waals surface area contributed by atoms with E-state index in [-0.39, 0.29) is 5.82 Å². The third-order valence-corrected chi connectivity index (χ3v) is 3.75. The SMILES string of the molecule is CCCc1nc(N)c(C)c(Sc2cccc(F)c2)n1. The van der Waals surface area contributed by atoms with Crippen molar-refractivity contribution in [3.8, 4) is 0 Å². The van der Waals surface area contributed by atoms with Crippen LogP contribution in [-0.2, 0) is 6.42 Å². The van der Waals surface area contributed by atoms with Crippen LogP contribution < -0.4 is 5.73 Å². The highest BCUT2D eigenvalue weighted by atomic mass is 32.2. The molecule has 1 heterocycles. The van der Waals surface area contributed by atoms with Gasteiger partial charge in [-0.3, -0.25) is 0 Å². The molecule has 1 aromatic heterocycles. The molecule has 0 aliphatic rings. The van der Waals surface area contributed by atoms with Gasteiger partial charge in [0.1, 0.15) is 22.5 Å². The molecule has 0 aliphatic heterocycles. The monoisotopic (exact) mass is 277 g/mol. The Balaban J connectivity index is 2.33. The molecule has 2 aromatic rings. The number of aromatic nitrogens is 2. The third kappa shape index (κ3) is 3.44. The van der Waals surface area contributed by atoms with E-state index in [0.29, 0.717) is 5.82 Å². The van der Waals surface area contributed by atoms with Crippen LogP contribution in [0.15, 0.2) is 34.2 Å². The Labute approximate surface area is 116 Å². The van der Waals surface area contributed by atoms with Crippen LogP contribution in [0.4, 0.5) is 10.2 Å². The topological polar surface area (TPSA) is 51.8 Å². The summed E-state index contributed by atoms with van der Waals surface area (Å²) in [6.07, 6.45) is 1.76. The summed E-state index contributed by atoms with van der Waals surface area (Å²) < 4.78 is 13.2. The first-order valence-electron chi connectivity index (χ1n) is 6.16. The first-order chi connectivity index (χ1) is 9.10. The Bertz CT molecular complexity index is 587. The Morgan fingerprint density at radius 3 is 2.79 bits per heavy atom. The second-order valence-electron chi connectivity index (χ2n) is 4.26. The van der Waals surface area contributed by atoms with Gasteiger partial charge in [0.15, 0.2) is 0 Å². The fourth-order valence-electron chi connectivity index (χ4n) is 1.64. The van der Waals surface area contributed by atoms with Crippen LogP contribution in [0.2, 0.25) is 0 Å². The van der Waals surface area contributed by atoms with Crippen molar-refractivity contribution in [1.29, 1.82) is 0 Å². The molecule has 0 saturated heterocycles. The van der Waals surface area contributed by atoms with Gasteiger partial charge in [0.05, 0.1) is 0 Å². The Morgan fingerprint density at radius 1 is 1.32 bits per heavy atom. The first kappa shape index (κ1) is 13.8. The van der Waals surface area contributed by atoms with Gasteiger partial charge >= 0.3 is 0 Å². The number of nitrogens with two attached hydrogens (primary N) is 1. The normalized spacial score (nSPS) is 10.7. The standard InChI is InChI=1S/C14H16FN3S/c1-3-5-12-17-13(16)9(2)14(18-12)19-11-7-4-6-10(15)8-11/h4,6-8H,3,5H2,1-2H3,(H2,16,17,18). The lowest BCUT2D eigenvalue weighted by molar-refractivity contribution is 0.624. The molecule has 0 aliphatic carbocycles. The predicted molar refractivity (Wildman–Crippen MR) is 75.7 cm³/mol. The lowest BCUT2D eigenvalue weighted by atomic mass is 10.3. The molecule has 0 saturated carbocycles. The first-order valence-corrected chi connectivity index (χ1v) is 6.98. The highest BCUT2D eigenvalue weighted by Crippen LogP contribution is 2.30. The van der Waals surface area contributed by atoms with E-state index in [1.807, 2.05) is 13.0 Å². The lowest BCUT2D eigenvalue weighted by Gasteiger charge is -2.09. The zero-order chi connectivity index (χ0) is 13.8. The van der Waals surface area contributed by atoms with E-state index in [4.69, 9.17) is 5.73 Å². The molecule has 3 nitrogen and oxygen atoms in total. The Kier molecular flexibility index (Phi) is 4.37. The summed E-state index contributed by atoms with van der Waals surface area (Å²) >= 11 is 1.41. The van der Waals surface area contributed by atoms with Gasteiger partial charge < -0.3 is 5.73 Å². The van der Waals surface area contributed by atoms with Crippen LogP contribution in [0, 0.1) is 12.7 Å². The molecule has 0 unspecified atom stereocenters. The molecule has 1 aromatic carbocycles. The van der Waals surface area contributed by atoms with Crippen LogP contribution >= 0.6 is 11.8 Å². The summed E-state index contributed by atoms with van der Waals surface area (Å²) in [4.78, 5) is 9.57. The molecule has 19 heavy (non-hydrogen) atoms. The Hall–Kier alpha value is -1.62. The number of benzene rings is 1. The summed E-state index contributed by atoms with van der Waals surface area (Å²) in [6, 6.07) is 6.45. The van der Waals surface area contributed by atoms with Crippen molar-refractivity contribution in [3.05, 3.63) is 41.5 Å². The number of anilines is 1. The van der Waals surface area contributed by atoms with Crippen molar-refractivity contribution >= 4 is 17.6 Å². The maximum absolute atomic E-state index is 13.2. The maximum Gasteiger partial charge on any atom is 0.132 e. The molecule has 0 atom stereocenters. The minimum atomic E-state index is -0.251. The second-order valence-corrected chi connectivity index (χ2v) is 5.33. The van der Waals surface area contributed by atoms with Crippen molar-refractivity contribution in [2.75, 3.05) is 5.73 Å². The lowest BCUT2D eigenvalue weighted by Crippen LogP contribution is -2.04. The fourth-order valence-corrected chi connectivity index (χ4v) is 2.59. The molecule has 5 heteroatoms. The minimum Gasteiger partial charge on any atom is -0.383 e. The molecule has 2 rings (SSSR count). The van der Waals surface area contributed by atoms with Gasteiger partial charge in [0, 0.05) is 16.9 Å². The largest absolute Gasteiger partial charge is 0.383 e. The van der Waals surface area contributed by atoms with E-state index in [9.17, 15) is 4.39 Å². The smallest absolute Gasteiger partial charge is 0.132 e. The number of halogens is 1. The van der Waals surface area contributed by atoms with Gasteiger partial charge in [-0.2, -0.15) is 0 Å². The Morgan fingerprint density at radius 2 is 2.11 bits per heavy atom. The second kappa shape index (κ2) is 6.02.